The van der Waals surface area contributed by atoms with E-state index < -0.39 is 5.41 Å². The predicted molar refractivity (Wildman–Crippen MR) is 121 cm³/mol. The fourth-order valence-electron chi connectivity index (χ4n) is 3.39. The van der Waals surface area contributed by atoms with Gasteiger partial charge in [-0.2, -0.15) is 0 Å². The number of halogens is 1. The number of anilines is 3. The highest BCUT2D eigenvalue weighted by Crippen LogP contribution is 2.50. The molecule has 1 aliphatic rings. The van der Waals surface area contributed by atoms with Gasteiger partial charge in [-0.15, -0.1) is 0 Å². The van der Waals surface area contributed by atoms with Crippen LogP contribution in [-0.2, 0) is 10.2 Å². The first kappa shape index (κ1) is 19.8. The van der Waals surface area contributed by atoms with Crippen molar-refractivity contribution < 1.29 is 4.79 Å². The van der Waals surface area contributed by atoms with Gasteiger partial charge in [0.15, 0.2) is 0 Å². The van der Waals surface area contributed by atoms with Crippen molar-refractivity contribution in [3.63, 3.8) is 0 Å². The van der Waals surface area contributed by atoms with Gasteiger partial charge >= 0.3 is 0 Å². The molecule has 1 fully saturated rings. The zero-order valence-corrected chi connectivity index (χ0v) is 18.2. The molecule has 2 N–H and O–H groups in total. The molecule has 0 saturated heterocycles. The van der Waals surface area contributed by atoms with E-state index >= 15 is 0 Å². The van der Waals surface area contributed by atoms with Gasteiger partial charge in [0.2, 0.25) is 0 Å². The Morgan fingerprint density at radius 2 is 2.00 bits per heavy atom. The Morgan fingerprint density at radius 1 is 1.17 bits per heavy atom. The van der Waals surface area contributed by atoms with Crippen molar-refractivity contribution in [2.24, 2.45) is 0 Å². The molecule has 1 saturated carbocycles. The number of nitrogens with one attached hydrogen (secondary N) is 2. The maximum atomic E-state index is 11.8. The Bertz CT molecular complexity index is 1030. The summed E-state index contributed by atoms with van der Waals surface area (Å²) in [5.74, 6) is 0.839. The SMILES string of the molecule is CN(C)CCNc1ccc(Nc2c(C3(C=O)CC3)cnc3ccc(Br)cc23)cn1. The predicted octanol–water partition coefficient (Wildman–Crippen LogP) is 4.34. The van der Waals surface area contributed by atoms with Crippen LogP contribution in [0.4, 0.5) is 17.2 Å². The summed E-state index contributed by atoms with van der Waals surface area (Å²) in [6.45, 7) is 1.78. The first-order valence-electron chi connectivity index (χ1n) is 9.67. The Balaban J connectivity index is 1.65. The number of aromatic nitrogens is 2. The monoisotopic (exact) mass is 453 g/mol. The van der Waals surface area contributed by atoms with E-state index in [-0.39, 0.29) is 0 Å². The second-order valence-corrected chi connectivity index (χ2v) is 8.69. The molecule has 0 radical (unpaired) electrons. The zero-order valence-electron chi connectivity index (χ0n) is 16.6. The molecule has 29 heavy (non-hydrogen) atoms. The van der Waals surface area contributed by atoms with Gasteiger partial charge in [-0.05, 0) is 57.3 Å². The van der Waals surface area contributed by atoms with Gasteiger partial charge in [0.25, 0.3) is 0 Å². The zero-order chi connectivity index (χ0) is 20.4. The minimum absolute atomic E-state index is 0.424. The van der Waals surface area contributed by atoms with Crippen LogP contribution >= 0.6 is 15.9 Å². The van der Waals surface area contributed by atoms with E-state index in [0.717, 1.165) is 70.3 Å². The van der Waals surface area contributed by atoms with Crippen molar-refractivity contribution in [3.05, 3.63) is 52.8 Å². The van der Waals surface area contributed by atoms with Crippen LogP contribution in [0.25, 0.3) is 10.9 Å². The highest BCUT2D eigenvalue weighted by Gasteiger charge is 2.46. The number of carbonyl (C=O) groups is 1. The third-order valence-electron chi connectivity index (χ3n) is 5.28. The molecule has 1 aromatic carbocycles. The number of nitrogens with zero attached hydrogens (tertiary/aromatic N) is 3. The summed E-state index contributed by atoms with van der Waals surface area (Å²) >= 11 is 3.55. The molecule has 150 valence electrons. The molecule has 0 aliphatic heterocycles. The van der Waals surface area contributed by atoms with Crippen molar-refractivity contribution in [1.82, 2.24) is 14.9 Å². The van der Waals surface area contributed by atoms with Crippen LogP contribution in [-0.4, -0.2) is 48.3 Å². The van der Waals surface area contributed by atoms with Crippen molar-refractivity contribution in [3.8, 4) is 0 Å². The molecule has 0 bridgehead atoms. The topological polar surface area (TPSA) is 70.2 Å². The molecule has 4 rings (SSSR count). The normalized spacial score (nSPS) is 14.8. The van der Waals surface area contributed by atoms with E-state index in [1.54, 1.807) is 0 Å². The van der Waals surface area contributed by atoms with Crippen molar-refractivity contribution in [2.45, 2.75) is 18.3 Å². The second-order valence-electron chi connectivity index (χ2n) is 7.77. The molecule has 1 aliphatic carbocycles. The van der Waals surface area contributed by atoms with Crippen LogP contribution in [0.15, 0.2) is 47.2 Å². The highest BCUT2D eigenvalue weighted by atomic mass is 79.9. The van der Waals surface area contributed by atoms with Crippen LogP contribution in [0.1, 0.15) is 18.4 Å². The third-order valence-corrected chi connectivity index (χ3v) is 5.77. The van der Waals surface area contributed by atoms with E-state index in [1.807, 2.05) is 56.8 Å². The number of aldehydes is 1. The fraction of sp³-hybridized carbons (Fsp3) is 0.318. The smallest absolute Gasteiger partial charge is 0.130 e. The van der Waals surface area contributed by atoms with Crippen molar-refractivity contribution in [2.75, 3.05) is 37.8 Å². The maximum absolute atomic E-state index is 11.8. The number of hydrogen-bond acceptors (Lipinski definition) is 6. The number of hydrogen-bond donors (Lipinski definition) is 2. The average molecular weight is 454 g/mol. The number of pyridine rings is 2. The molecule has 0 unspecified atom stereocenters. The van der Waals surface area contributed by atoms with E-state index in [2.05, 4.69) is 41.4 Å². The molecule has 3 aromatic rings. The Morgan fingerprint density at radius 3 is 2.66 bits per heavy atom. The molecule has 0 amide bonds. The highest BCUT2D eigenvalue weighted by molar-refractivity contribution is 9.10. The lowest BCUT2D eigenvalue weighted by molar-refractivity contribution is -0.109. The molecule has 2 aromatic heterocycles. The maximum Gasteiger partial charge on any atom is 0.130 e. The lowest BCUT2D eigenvalue weighted by atomic mass is 9.95. The van der Waals surface area contributed by atoms with Gasteiger partial charge < -0.3 is 20.3 Å². The molecule has 6 nitrogen and oxygen atoms in total. The minimum Gasteiger partial charge on any atom is -0.369 e. The number of benzene rings is 1. The molecular weight excluding hydrogens is 430 g/mol. The lowest BCUT2D eigenvalue weighted by Crippen LogP contribution is -2.21. The summed E-state index contributed by atoms with van der Waals surface area (Å²) in [6.07, 6.45) is 6.44. The van der Waals surface area contributed by atoms with E-state index in [0.29, 0.717) is 0 Å². The number of likely N-dealkylation sites (N-methyl/N-ethyl adjacent to an activating group) is 1. The Labute approximate surface area is 178 Å². The van der Waals surface area contributed by atoms with Gasteiger partial charge in [-0.25, -0.2) is 4.98 Å². The first-order valence-corrected chi connectivity index (χ1v) is 10.5. The molecule has 0 spiro atoms. The summed E-state index contributed by atoms with van der Waals surface area (Å²) in [6, 6.07) is 9.95. The standard InChI is InChI=1S/C22H24BrN5O/c1-28(2)10-9-24-20-6-4-16(12-26-20)27-21-17-11-15(23)3-5-19(17)25-13-18(21)22(14-29)7-8-22/h3-6,11-14H,7-10H2,1-2H3,(H,24,26)(H,25,27). The van der Waals surface area contributed by atoms with Crippen LogP contribution in [0.2, 0.25) is 0 Å². The lowest BCUT2D eigenvalue weighted by Gasteiger charge is -2.18. The van der Waals surface area contributed by atoms with E-state index in [4.69, 9.17) is 0 Å². The van der Waals surface area contributed by atoms with Gasteiger partial charge in [0.05, 0.1) is 28.5 Å². The van der Waals surface area contributed by atoms with Crippen molar-refractivity contribution in [1.29, 1.82) is 0 Å². The molecule has 0 atom stereocenters. The number of rotatable bonds is 8. The molecular formula is C22H24BrN5O. The van der Waals surface area contributed by atoms with Crippen LogP contribution < -0.4 is 10.6 Å². The van der Waals surface area contributed by atoms with Gasteiger partial charge in [-0.1, -0.05) is 15.9 Å². The van der Waals surface area contributed by atoms with Gasteiger partial charge in [0, 0.05) is 34.7 Å². The summed E-state index contributed by atoms with van der Waals surface area (Å²) < 4.78 is 0.974. The number of fused-ring (bicyclic) bond motifs is 1. The molecule has 7 heteroatoms. The minimum atomic E-state index is -0.424. The largest absolute Gasteiger partial charge is 0.369 e. The van der Waals surface area contributed by atoms with Crippen LogP contribution in [0, 0.1) is 0 Å². The summed E-state index contributed by atoms with van der Waals surface area (Å²) in [7, 11) is 4.09. The van der Waals surface area contributed by atoms with E-state index in [1.165, 1.54) is 0 Å². The summed E-state index contributed by atoms with van der Waals surface area (Å²) in [5, 5.41) is 7.81. The summed E-state index contributed by atoms with van der Waals surface area (Å²) in [4.78, 5) is 23.0. The third kappa shape index (κ3) is 4.26. The molecule has 2 heterocycles. The van der Waals surface area contributed by atoms with Gasteiger partial charge in [0.1, 0.15) is 12.1 Å². The van der Waals surface area contributed by atoms with Crippen LogP contribution in [0.5, 0.6) is 0 Å². The fourth-order valence-corrected chi connectivity index (χ4v) is 3.75. The first-order chi connectivity index (χ1) is 14.0. The van der Waals surface area contributed by atoms with Crippen LogP contribution in [0.3, 0.4) is 0 Å². The van der Waals surface area contributed by atoms with Crippen molar-refractivity contribution >= 4 is 50.3 Å². The summed E-state index contributed by atoms with van der Waals surface area (Å²) in [5.41, 5.74) is 3.21. The average Bonchev–Trinajstić information content (AvgIpc) is 3.50. The Hall–Kier alpha value is -2.51. The van der Waals surface area contributed by atoms with Gasteiger partial charge in [-0.3, -0.25) is 4.98 Å². The number of carbonyl (C=O) groups excluding carboxylic acids is 1. The second kappa shape index (κ2) is 8.08. The Kier molecular flexibility index (Phi) is 5.52. The quantitative estimate of drug-likeness (QED) is 0.494. The van der Waals surface area contributed by atoms with E-state index in [9.17, 15) is 4.79 Å².